The summed E-state index contributed by atoms with van der Waals surface area (Å²) in [7, 11) is 0. The summed E-state index contributed by atoms with van der Waals surface area (Å²) in [5, 5.41) is 14.1. The Balaban J connectivity index is 2.54. The van der Waals surface area contributed by atoms with Gasteiger partial charge in [0, 0.05) is 0 Å². The molecule has 0 spiro atoms. The third-order valence-corrected chi connectivity index (χ3v) is 3.17. The smallest absolute Gasteiger partial charge is 0.326 e. The molecule has 0 heterocycles. The summed E-state index contributed by atoms with van der Waals surface area (Å²) in [6, 6.07) is 3.99. The van der Waals surface area contributed by atoms with Crippen molar-refractivity contribution in [3.8, 4) is 0 Å². The summed E-state index contributed by atoms with van der Waals surface area (Å²) >= 11 is 0. The topological polar surface area (TPSA) is 78.4 Å². The third kappa shape index (κ3) is 5.81. The lowest BCUT2D eigenvalue weighted by Crippen LogP contribution is -2.46. The minimum atomic E-state index is -1.05. The number of amides is 2. The van der Waals surface area contributed by atoms with Crippen molar-refractivity contribution < 1.29 is 19.1 Å². The number of carbonyl (C=O) groups excluding carboxylic acids is 1. The Bertz CT molecular complexity index is 476. The normalized spacial score (nSPS) is 13.3. The molecule has 21 heavy (non-hydrogen) atoms. The first kappa shape index (κ1) is 16.9. The predicted octanol–water partition coefficient (Wildman–Crippen LogP) is 2.83. The minimum absolute atomic E-state index is 0.341. The van der Waals surface area contributed by atoms with Gasteiger partial charge in [-0.1, -0.05) is 31.9 Å². The second-order valence-corrected chi connectivity index (χ2v) is 4.92. The summed E-state index contributed by atoms with van der Waals surface area (Å²) in [5.41, 5.74) is 0.743. The first-order chi connectivity index (χ1) is 9.93. The van der Waals surface area contributed by atoms with Gasteiger partial charge in [0.15, 0.2) is 0 Å². The van der Waals surface area contributed by atoms with Gasteiger partial charge < -0.3 is 15.7 Å². The molecule has 0 aliphatic carbocycles. The molecule has 0 aliphatic heterocycles. The summed E-state index contributed by atoms with van der Waals surface area (Å²) in [5.74, 6) is -1.39. The van der Waals surface area contributed by atoms with Crippen molar-refractivity contribution in [2.75, 3.05) is 0 Å². The third-order valence-electron chi connectivity index (χ3n) is 3.17. The van der Waals surface area contributed by atoms with Crippen molar-refractivity contribution in [3.05, 3.63) is 35.6 Å². The summed E-state index contributed by atoms with van der Waals surface area (Å²) in [6.07, 6.45) is 1.98. The number of urea groups is 1. The highest BCUT2D eigenvalue weighted by Crippen LogP contribution is 2.12. The predicted molar refractivity (Wildman–Crippen MR) is 77.4 cm³/mol. The molecular formula is C15H21FN2O3. The van der Waals surface area contributed by atoms with Gasteiger partial charge >= 0.3 is 12.0 Å². The lowest BCUT2D eigenvalue weighted by Gasteiger charge is -2.18. The molecule has 3 N–H and O–H groups in total. The van der Waals surface area contributed by atoms with Gasteiger partial charge in [-0.05, 0) is 31.0 Å². The average Bonchev–Trinajstić information content (AvgIpc) is 2.43. The summed E-state index contributed by atoms with van der Waals surface area (Å²) < 4.78 is 12.8. The Morgan fingerprint density at radius 3 is 2.38 bits per heavy atom. The van der Waals surface area contributed by atoms with E-state index < -0.39 is 18.0 Å². The fourth-order valence-electron chi connectivity index (χ4n) is 1.90. The number of rotatable bonds is 7. The lowest BCUT2D eigenvalue weighted by molar-refractivity contribution is -0.139. The molecule has 116 valence electrons. The molecule has 1 aromatic carbocycles. The van der Waals surface area contributed by atoms with E-state index in [1.807, 2.05) is 6.92 Å². The molecule has 5 nitrogen and oxygen atoms in total. The van der Waals surface area contributed by atoms with Gasteiger partial charge in [-0.25, -0.2) is 14.0 Å². The van der Waals surface area contributed by atoms with E-state index in [0.717, 1.165) is 18.4 Å². The number of hydrogen-bond acceptors (Lipinski definition) is 2. The van der Waals surface area contributed by atoms with Crippen molar-refractivity contribution in [3.63, 3.8) is 0 Å². The van der Waals surface area contributed by atoms with E-state index in [9.17, 15) is 14.0 Å². The quantitative estimate of drug-likeness (QED) is 0.724. The van der Waals surface area contributed by atoms with E-state index in [-0.39, 0.29) is 11.9 Å². The number of carboxylic acids is 1. The number of benzene rings is 1. The zero-order valence-corrected chi connectivity index (χ0v) is 12.2. The molecule has 2 atom stereocenters. The maximum atomic E-state index is 12.8. The lowest BCUT2D eigenvalue weighted by atomic mass is 10.1. The maximum Gasteiger partial charge on any atom is 0.326 e. The number of hydrogen-bond donors (Lipinski definition) is 3. The number of carbonyl (C=O) groups is 2. The zero-order chi connectivity index (χ0) is 15.8. The molecule has 6 heteroatoms. The highest BCUT2D eigenvalue weighted by atomic mass is 19.1. The van der Waals surface area contributed by atoms with Crippen LogP contribution in [0.1, 0.15) is 44.7 Å². The Kier molecular flexibility index (Phi) is 6.65. The van der Waals surface area contributed by atoms with Gasteiger partial charge in [0.25, 0.3) is 0 Å². The van der Waals surface area contributed by atoms with Gasteiger partial charge in [-0.3, -0.25) is 0 Å². The van der Waals surface area contributed by atoms with Crippen molar-refractivity contribution >= 4 is 12.0 Å². The van der Waals surface area contributed by atoms with E-state index in [4.69, 9.17) is 5.11 Å². The Labute approximate surface area is 123 Å². The van der Waals surface area contributed by atoms with Crippen LogP contribution in [0, 0.1) is 5.82 Å². The Morgan fingerprint density at radius 1 is 1.24 bits per heavy atom. The van der Waals surface area contributed by atoms with Crippen LogP contribution in [0.2, 0.25) is 0 Å². The fourth-order valence-corrected chi connectivity index (χ4v) is 1.90. The Hall–Kier alpha value is -2.11. The molecule has 0 aliphatic rings. The van der Waals surface area contributed by atoms with Gasteiger partial charge in [0.05, 0.1) is 6.04 Å². The maximum absolute atomic E-state index is 12.8. The van der Waals surface area contributed by atoms with Crippen LogP contribution in [0.3, 0.4) is 0 Å². The molecule has 0 saturated carbocycles. The van der Waals surface area contributed by atoms with Gasteiger partial charge in [0.2, 0.25) is 0 Å². The van der Waals surface area contributed by atoms with E-state index in [1.165, 1.54) is 12.1 Å². The molecule has 0 radical (unpaired) electrons. The number of carboxylic acid groups (broad SMARTS) is 1. The molecule has 0 saturated heterocycles. The number of aliphatic carboxylic acids is 1. The second kappa shape index (κ2) is 8.24. The Morgan fingerprint density at radius 2 is 1.86 bits per heavy atom. The highest BCUT2D eigenvalue weighted by molar-refractivity contribution is 5.82. The van der Waals surface area contributed by atoms with Crippen LogP contribution in [0.4, 0.5) is 9.18 Å². The van der Waals surface area contributed by atoms with Gasteiger partial charge in [-0.15, -0.1) is 0 Å². The zero-order valence-electron chi connectivity index (χ0n) is 12.2. The second-order valence-electron chi connectivity index (χ2n) is 4.92. The average molecular weight is 296 g/mol. The van der Waals surface area contributed by atoms with Crippen LogP contribution in [0.25, 0.3) is 0 Å². The standard InChI is InChI=1S/C15H21FN2O3/c1-3-4-5-13(14(19)20)18-15(21)17-10(2)11-6-8-12(16)9-7-11/h6-10,13H,3-5H2,1-2H3,(H,19,20)(H2,17,18,21). The number of halogens is 1. The van der Waals surface area contributed by atoms with Gasteiger partial charge in [0.1, 0.15) is 11.9 Å². The molecule has 1 rings (SSSR count). The van der Waals surface area contributed by atoms with E-state index in [1.54, 1.807) is 19.1 Å². The van der Waals surface area contributed by atoms with E-state index >= 15 is 0 Å². The van der Waals surface area contributed by atoms with Crippen molar-refractivity contribution in [1.82, 2.24) is 10.6 Å². The SMILES string of the molecule is CCCCC(NC(=O)NC(C)c1ccc(F)cc1)C(=O)O. The first-order valence-electron chi connectivity index (χ1n) is 6.99. The van der Waals surface area contributed by atoms with E-state index in [2.05, 4.69) is 10.6 Å². The first-order valence-corrected chi connectivity index (χ1v) is 6.99. The molecule has 0 aromatic heterocycles. The molecule has 1 aromatic rings. The van der Waals surface area contributed by atoms with Crippen LogP contribution in [0.5, 0.6) is 0 Å². The van der Waals surface area contributed by atoms with Crippen LogP contribution < -0.4 is 10.6 Å². The molecule has 2 amide bonds. The van der Waals surface area contributed by atoms with E-state index in [0.29, 0.717) is 6.42 Å². The summed E-state index contributed by atoms with van der Waals surface area (Å²) in [6.45, 7) is 3.70. The molecule has 0 bridgehead atoms. The number of unbranched alkanes of at least 4 members (excludes halogenated alkanes) is 1. The highest BCUT2D eigenvalue weighted by Gasteiger charge is 2.20. The largest absolute Gasteiger partial charge is 0.480 e. The van der Waals surface area contributed by atoms with Crippen molar-refractivity contribution in [2.45, 2.75) is 45.2 Å². The van der Waals surface area contributed by atoms with Crippen molar-refractivity contribution in [1.29, 1.82) is 0 Å². The van der Waals surface area contributed by atoms with Crippen molar-refractivity contribution in [2.24, 2.45) is 0 Å². The molecule has 0 fully saturated rings. The monoisotopic (exact) mass is 296 g/mol. The molecular weight excluding hydrogens is 275 g/mol. The fraction of sp³-hybridized carbons (Fsp3) is 0.467. The van der Waals surface area contributed by atoms with Gasteiger partial charge in [-0.2, -0.15) is 0 Å². The van der Waals surface area contributed by atoms with Crippen LogP contribution in [-0.4, -0.2) is 23.1 Å². The summed E-state index contributed by atoms with van der Waals surface area (Å²) in [4.78, 5) is 22.9. The van der Waals surface area contributed by atoms with Crippen LogP contribution in [-0.2, 0) is 4.79 Å². The van der Waals surface area contributed by atoms with Crippen LogP contribution in [0.15, 0.2) is 24.3 Å². The minimum Gasteiger partial charge on any atom is -0.480 e. The number of nitrogens with one attached hydrogen (secondary N) is 2. The molecule has 2 unspecified atom stereocenters. The van der Waals surface area contributed by atoms with Crippen LogP contribution >= 0.6 is 0 Å².